The van der Waals surface area contributed by atoms with Crippen molar-refractivity contribution < 1.29 is 9.90 Å². The van der Waals surface area contributed by atoms with Gasteiger partial charge in [-0.1, -0.05) is 12.1 Å². The van der Waals surface area contributed by atoms with Crippen LogP contribution in [0.15, 0.2) is 52.9 Å². The Balaban J connectivity index is 1.64. The maximum Gasteiger partial charge on any atom is 0.270 e. The molecule has 1 amide bonds. The molecule has 4 rings (SSSR count). The van der Waals surface area contributed by atoms with Crippen LogP contribution in [0.25, 0.3) is 5.65 Å². The summed E-state index contributed by atoms with van der Waals surface area (Å²) in [4.78, 5) is 30.5. The van der Waals surface area contributed by atoms with Gasteiger partial charge in [0.15, 0.2) is 0 Å². The van der Waals surface area contributed by atoms with Crippen LogP contribution < -0.4 is 10.9 Å². The Hall–Kier alpha value is -2.51. The molecule has 3 aromatic rings. The van der Waals surface area contributed by atoms with E-state index in [4.69, 9.17) is 0 Å². The van der Waals surface area contributed by atoms with Crippen LogP contribution in [0, 0.1) is 5.92 Å². The topological polar surface area (TPSA) is 83.7 Å². The van der Waals surface area contributed by atoms with Gasteiger partial charge in [0.25, 0.3) is 11.5 Å². The summed E-state index contributed by atoms with van der Waals surface area (Å²) >= 11 is 1.56. The van der Waals surface area contributed by atoms with Crippen LogP contribution in [0.4, 0.5) is 0 Å². The van der Waals surface area contributed by atoms with E-state index in [9.17, 15) is 14.7 Å². The van der Waals surface area contributed by atoms with Crippen LogP contribution in [-0.4, -0.2) is 26.5 Å². The minimum atomic E-state index is -0.435. The molecular weight excluding hydrogens is 338 g/mol. The van der Waals surface area contributed by atoms with Crippen molar-refractivity contribution in [2.45, 2.75) is 25.0 Å². The van der Waals surface area contributed by atoms with Crippen LogP contribution in [0.5, 0.6) is 0 Å². The fourth-order valence-corrected chi connectivity index (χ4v) is 4.06. The van der Waals surface area contributed by atoms with E-state index >= 15 is 0 Å². The molecular formula is C18H17N3O3S. The second kappa shape index (κ2) is 6.42. The highest BCUT2D eigenvalue weighted by Crippen LogP contribution is 2.39. The molecule has 0 saturated heterocycles. The summed E-state index contributed by atoms with van der Waals surface area (Å²) in [6.07, 6.45) is 3.92. The number of hydrogen-bond acceptors (Lipinski definition) is 5. The highest BCUT2D eigenvalue weighted by Gasteiger charge is 2.36. The van der Waals surface area contributed by atoms with E-state index in [0.29, 0.717) is 18.5 Å². The van der Waals surface area contributed by atoms with Gasteiger partial charge in [0, 0.05) is 17.3 Å². The van der Waals surface area contributed by atoms with Crippen molar-refractivity contribution in [3.63, 3.8) is 0 Å². The molecule has 3 aromatic heterocycles. The van der Waals surface area contributed by atoms with Gasteiger partial charge < -0.3 is 10.4 Å². The van der Waals surface area contributed by atoms with Gasteiger partial charge in [-0.15, -0.1) is 11.3 Å². The maximum atomic E-state index is 12.7. The molecule has 25 heavy (non-hydrogen) atoms. The van der Waals surface area contributed by atoms with Crippen LogP contribution in [0.3, 0.4) is 0 Å². The quantitative estimate of drug-likeness (QED) is 0.750. The minimum Gasteiger partial charge on any atom is -0.393 e. The molecule has 0 aromatic carbocycles. The zero-order chi connectivity index (χ0) is 17.4. The molecule has 2 N–H and O–H groups in total. The highest BCUT2D eigenvalue weighted by molar-refractivity contribution is 7.10. The van der Waals surface area contributed by atoms with E-state index in [-0.39, 0.29) is 29.2 Å². The van der Waals surface area contributed by atoms with Gasteiger partial charge in [-0.2, -0.15) is 0 Å². The number of nitrogens with one attached hydrogen (secondary N) is 1. The maximum absolute atomic E-state index is 12.7. The third-order valence-electron chi connectivity index (χ3n) is 4.62. The average molecular weight is 355 g/mol. The summed E-state index contributed by atoms with van der Waals surface area (Å²) < 4.78 is 1.36. The van der Waals surface area contributed by atoms with E-state index in [0.717, 1.165) is 4.88 Å². The number of thiophene rings is 1. The largest absolute Gasteiger partial charge is 0.393 e. The Morgan fingerprint density at radius 2 is 2.16 bits per heavy atom. The van der Waals surface area contributed by atoms with Gasteiger partial charge in [-0.05, 0) is 42.3 Å². The number of fused-ring (bicyclic) bond motifs is 1. The van der Waals surface area contributed by atoms with Gasteiger partial charge in [0.05, 0.1) is 12.1 Å². The average Bonchev–Trinajstić information content (AvgIpc) is 3.12. The van der Waals surface area contributed by atoms with Gasteiger partial charge in [-0.25, -0.2) is 4.98 Å². The van der Waals surface area contributed by atoms with Crippen molar-refractivity contribution in [2.75, 3.05) is 0 Å². The number of carbonyl (C=O) groups is 1. The first-order valence-electron chi connectivity index (χ1n) is 8.12. The number of rotatable bonds is 4. The van der Waals surface area contributed by atoms with Crippen LogP contribution in [0.1, 0.15) is 34.1 Å². The van der Waals surface area contributed by atoms with Gasteiger partial charge in [-0.3, -0.25) is 14.0 Å². The van der Waals surface area contributed by atoms with E-state index in [1.165, 1.54) is 10.6 Å². The summed E-state index contributed by atoms with van der Waals surface area (Å²) in [5, 5.41) is 14.5. The number of aliphatic hydroxyl groups excluding tert-OH is 1. The molecule has 1 atom stereocenters. The summed E-state index contributed by atoms with van der Waals surface area (Å²) in [6, 6.07) is 8.92. The molecule has 1 saturated carbocycles. The molecule has 1 aliphatic carbocycles. The number of pyridine rings is 1. The second-order valence-corrected chi connectivity index (χ2v) is 7.24. The lowest BCUT2D eigenvalue weighted by Gasteiger charge is -2.37. The Morgan fingerprint density at radius 1 is 1.32 bits per heavy atom. The van der Waals surface area contributed by atoms with Crippen LogP contribution in [-0.2, 0) is 0 Å². The fraction of sp³-hybridized carbons (Fsp3) is 0.278. The normalized spacial score (nSPS) is 20.8. The molecule has 0 spiro atoms. The van der Waals surface area contributed by atoms with Crippen molar-refractivity contribution in [1.82, 2.24) is 14.7 Å². The third kappa shape index (κ3) is 2.96. The molecule has 128 valence electrons. The standard InChI is InChI=1S/C18H17N3O3S/c22-12-8-11(9-12)16(14-4-3-7-25-14)20-17(23)13-10-19-15-5-1-2-6-21(15)18(13)24/h1-7,10-12,16,22H,8-9H2,(H,20,23). The fourth-order valence-electron chi connectivity index (χ4n) is 3.19. The summed E-state index contributed by atoms with van der Waals surface area (Å²) in [5.74, 6) is -0.260. The SMILES string of the molecule is O=C(NC(c1cccs1)C1CC(O)C1)c1cnc2ccccn2c1=O. The van der Waals surface area contributed by atoms with E-state index in [2.05, 4.69) is 10.3 Å². The lowest BCUT2D eigenvalue weighted by molar-refractivity contribution is 0.0241. The number of hydrogen-bond donors (Lipinski definition) is 2. The van der Waals surface area contributed by atoms with Gasteiger partial charge >= 0.3 is 0 Å². The van der Waals surface area contributed by atoms with Crippen LogP contribution >= 0.6 is 11.3 Å². The Labute approximate surface area is 147 Å². The predicted octanol–water partition coefficient (Wildman–Crippen LogP) is 2.00. The Morgan fingerprint density at radius 3 is 2.88 bits per heavy atom. The molecule has 3 heterocycles. The Bertz CT molecular complexity index is 961. The predicted molar refractivity (Wildman–Crippen MR) is 94.7 cm³/mol. The molecule has 0 aliphatic heterocycles. The van der Waals surface area contributed by atoms with E-state index in [1.54, 1.807) is 35.7 Å². The number of nitrogens with zero attached hydrogens (tertiary/aromatic N) is 2. The van der Waals surface area contributed by atoms with Crippen molar-refractivity contribution in [1.29, 1.82) is 0 Å². The second-order valence-electron chi connectivity index (χ2n) is 6.26. The minimum absolute atomic E-state index is 0.0186. The summed E-state index contributed by atoms with van der Waals surface area (Å²) in [5.41, 5.74) is 0.132. The summed E-state index contributed by atoms with van der Waals surface area (Å²) in [6.45, 7) is 0. The van der Waals surface area contributed by atoms with Crippen molar-refractivity contribution in [3.05, 3.63) is 68.9 Å². The molecule has 1 unspecified atom stereocenters. The van der Waals surface area contributed by atoms with Gasteiger partial charge in [0.2, 0.25) is 0 Å². The molecule has 1 fully saturated rings. The first-order valence-corrected chi connectivity index (χ1v) is 9.00. The zero-order valence-electron chi connectivity index (χ0n) is 13.3. The molecule has 0 radical (unpaired) electrons. The first-order chi connectivity index (χ1) is 12.1. The van der Waals surface area contributed by atoms with Crippen molar-refractivity contribution in [2.24, 2.45) is 5.92 Å². The number of carbonyl (C=O) groups excluding carboxylic acids is 1. The highest BCUT2D eigenvalue weighted by atomic mass is 32.1. The number of amides is 1. The molecule has 1 aliphatic rings. The number of aliphatic hydroxyl groups is 1. The monoisotopic (exact) mass is 355 g/mol. The smallest absolute Gasteiger partial charge is 0.270 e. The van der Waals surface area contributed by atoms with Gasteiger partial charge in [0.1, 0.15) is 11.2 Å². The van der Waals surface area contributed by atoms with Crippen molar-refractivity contribution >= 4 is 22.9 Å². The first kappa shape index (κ1) is 16.0. The molecule has 6 nitrogen and oxygen atoms in total. The lowest BCUT2D eigenvalue weighted by atomic mass is 9.76. The van der Waals surface area contributed by atoms with Crippen LogP contribution in [0.2, 0.25) is 0 Å². The number of aromatic nitrogens is 2. The molecule has 7 heteroatoms. The lowest BCUT2D eigenvalue weighted by Crippen LogP contribution is -2.42. The summed E-state index contributed by atoms with van der Waals surface area (Å²) in [7, 11) is 0. The third-order valence-corrected chi connectivity index (χ3v) is 5.57. The van der Waals surface area contributed by atoms with E-state index in [1.807, 2.05) is 17.5 Å². The van der Waals surface area contributed by atoms with Crippen molar-refractivity contribution in [3.8, 4) is 0 Å². The van der Waals surface area contributed by atoms with E-state index < -0.39 is 5.91 Å². The zero-order valence-corrected chi connectivity index (χ0v) is 14.1. The Kier molecular flexibility index (Phi) is 4.10. The molecule has 0 bridgehead atoms.